The van der Waals surface area contributed by atoms with Crippen molar-refractivity contribution < 1.29 is 4.79 Å². The van der Waals surface area contributed by atoms with E-state index in [1.807, 2.05) is 12.1 Å². The summed E-state index contributed by atoms with van der Waals surface area (Å²) in [5.74, 6) is 0.0488. The lowest BCUT2D eigenvalue weighted by Crippen LogP contribution is -2.43. The van der Waals surface area contributed by atoms with Crippen molar-refractivity contribution in [1.29, 1.82) is 0 Å². The van der Waals surface area contributed by atoms with Crippen LogP contribution in [0, 0.1) is 0 Å². The zero-order chi connectivity index (χ0) is 16.9. The second-order valence-electron chi connectivity index (χ2n) is 6.40. The number of nitrogens with one attached hydrogen (secondary N) is 1. The summed E-state index contributed by atoms with van der Waals surface area (Å²) in [4.78, 5) is 20.9. The van der Waals surface area contributed by atoms with Gasteiger partial charge in [0.2, 0.25) is 5.91 Å². The van der Waals surface area contributed by atoms with Crippen LogP contribution in [-0.4, -0.2) is 42.0 Å². The lowest BCUT2D eigenvalue weighted by Gasteiger charge is -2.27. The first-order valence-corrected chi connectivity index (χ1v) is 8.32. The fraction of sp³-hybridized carbons (Fsp3) is 0.368. The molecule has 2 heterocycles. The Morgan fingerprint density at radius 2 is 2.12 bits per heavy atom. The van der Waals surface area contributed by atoms with E-state index in [2.05, 4.69) is 58.3 Å². The van der Waals surface area contributed by atoms with Gasteiger partial charge in [0.05, 0.1) is 6.54 Å². The molecule has 1 amide bonds. The lowest BCUT2D eigenvalue weighted by molar-refractivity contribution is -0.123. The smallest absolute Gasteiger partial charge is 0.234 e. The van der Waals surface area contributed by atoms with E-state index in [9.17, 15) is 4.79 Å². The van der Waals surface area contributed by atoms with Crippen LogP contribution >= 0.6 is 0 Å². The van der Waals surface area contributed by atoms with E-state index >= 15 is 0 Å². The van der Waals surface area contributed by atoms with Crippen LogP contribution in [0.1, 0.15) is 18.1 Å². The van der Waals surface area contributed by atoms with Gasteiger partial charge in [0, 0.05) is 50.8 Å². The number of benzene rings is 1. The molecule has 0 radical (unpaired) electrons. The van der Waals surface area contributed by atoms with Gasteiger partial charge in [-0.2, -0.15) is 0 Å². The Morgan fingerprint density at radius 1 is 1.29 bits per heavy atom. The molecule has 0 saturated heterocycles. The van der Waals surface area contributed by atoms with E-state index in [0.29, 0.717) is 19.1 Å². The first-order chi connectivity index (χ1) is 11.6. The van der Waals surface area contributed by atoms with E-state index in [0.717, 1.165) is 18.7 Å². The molecule has 1 atom stereocenters. The van der Waals surface area contributed by atoms with Gasteiger partial charge in [0.15, 0.2) is 0 Å². The van der Waals surface area contributed by atoms with Crippen molar-refractivity contribution in [3.8, 4) is 0 Å². The van der Waals surface area contributed by atoms with Crippen molar-refractivity contribution in [1.82, 2.24) is 15.2 Å². The average Bonchev–Trinajstić information content (AvgIpc) is 2.71. The van der Waals surface area contributed by atoms with Gasteiger partial charge in [-0.05, 0) is 30.2 Å². The first kappa shape index (κ1) is 16.5. The summed E-state index contributed by atoms with van der Waals surface area (Å²) < 4.78 is 0. The Kier molecular flexibility index (Phi) is 5.11. The second-order valence-corrected chi connectivity index (χ2v) is 6.40. The first-order valence-electron chi connectivity index (χ1n) is 8.32. The van der Waals surface area contributed by atoms with Gasteiger partial charge in [-0.1, -0.05) is 24.3 Å². The molecule has 0 fully saturated rings. The third kappa shape index (κ3) is 3.92. The SMILES string of the molecule is CC1CN(C)c2ccccc2CN1CC(=O)NCc1cccnc1. The minimum absolute atomic E-state index is 0.0488. The van der Waals surface area contributed by atoms with Crippen LogP contribution in [0.3, 0.4) is 0 Å². The highest BCUT2D eigenvalue weighted by molar-refractivity contribution is 5.78. The Hall–Kier alpha value is -2.40. The van der Waals surface area contributed by atoms with E-state index in [1.54, 1.807) is 12.4 Å². The molecule has 0 aliphatic carbocycles. The van der Waals surface area contributed by atoms with Crippen LogP contribution in [0.5, 0.6) is 0 Å². The summed E-state index contributed by atoms with van der Waals surface area (Å²) in [6, 6.07) is 12.6. The number of para-hydroxylation sites is 1. The molecule has 1 aromatic heterocycles. The number of carbonyl (C=O) groups is 1. The van der Waals surface area contributed by atoms with Crippen molar-refractivity contribution in [3.63, 3.8) is 0 Å². The largest absolute Gasteiger partial charge is 0.373 e. The van der Waals surface area contributed by atoms with Crippen LogP contribution in [0.25, 0.3) is 0 Å². The number of fused-ring (bicyclic) bond motifs is 1. The zero-order valence-corrected chi connectivity index (χ0v) is 14.3. The predicted molar refractivity (Wildman–Crippen MR) is 95.7 cm³/mol. The number of anilines is 1. The van der Waals surface area contributed by atoms with E-state index in [4.69, 9.17) is 0 Å². The molecule has 1 unspecified atom stereocenters. The van der Waals surface area contributed by atoms with Gasteiger partial charge in [-0.15, -0.1) is 0 Å². The Balaban J connectivity index is 1.62. The summed E-state index contributed by atoms with van der Waals surface area (Å²) in [5, 5.41) is 2.99. The van der Waals surface area contributed by atoms with Crippen molar-refractivity contribution in [2.75, 3.05) is 25.0 Å². The molecule has 0 spiro atoms. The van der Waals surface area contributed by atoms with E-state index < -0.39 is 0 Å². The highest BCUT2D eigenvalue weighted by Gasteiger charge is 2.24. The highest BCUT2D eigenvalue weighted by Crippen LogP contribution is 2.25. The molecule has 0 saturated carbocycles. The monoisotopic (exact) mass is 324 g/mol. The van der Waals surface area contributed by atoms with Gasteiger partial charge in [-0.25, -0.2) is 0 Å². The summed E-state index contributed by atoms with van der Waals surface area (Å²) in [5.41, 5.74) is 3.53. The van der Waals surface area contributed by atoms with E-state index in [-0.39, 0.29) is 5.91 Å². The summed E-state index contributed by atoms with van der Waals surface area (Å²) >= 11 is 0. The number of nitrogens with zero attached hydrogens (tertiary/aromatic N) is 3. The molecule has 1 aliphatic heterocycles. The van der Waals surface area contributed by atoms with Crippen molar-refractivity contribution in [2.45, 2.75) is 26.1 Å². The van der Waals surface area contributed by atoms with Gasteiger partial charge in [0.1, 0.15) is 0 Å². The van der Waals surface area contributed by atoms with Crippen molar-refractivity contribution in [2.24, 2.45) is 0 Å². The van der Waals surface area contributed by atoms with Crippen molar-refractivity contribution in [3.05, 3.63) is 59.9 Å². The number of pyridine rings is 1. The molecule has 1 aliphatic rings. The van der Waals surface area contributed by atoms with Gasteiger partial charge >= 0.3 is 0 Å². The van der Waals surface area contributed by atoms with Gasteiger partial charge in [-0.3, -0.25) is 14.7 Å². The maximum Gasteiger partial charge on any atom is 0.234 e. The van der Waals surface area contributed by atoms with E-state index in [1.165, 1.54) is 11.3 Å². The summed E-state index contributed by atoms with van der Waals surface area (Å²) in [7, 11) is 2.11. The Bertz CT molecular complexity index is 689. The fourth-order valence-corrected chi connectivity index (χ4v) is 3.16. The molecular weight excluding hydrogens is 300 g/mol. The van der Waals surface area contributed by atoms with Gasteiger partial charge in [0.25, 0.3) is 0 Å². The molecule has 5 heteroatoms. The number of hydrogen-bond donors (Lipinski definition) is 1. The minimum atomic E-state index is 0.0488. The molecular formula is C19H24N4O. The number of likely N-dealkylation sites (N-methyl/N-ethyl adjacent to an activating group) is 1. The maximum absolute atomic E-state index is 12.3. The van der Waals surface area contributed by atoms with Crippen molar-refractivity contribution >= 4 is 11.6 Å². The molecule has 3 rings (SSSR count). The molecule has 1 N–H and O–H groups in total. The average molecular weight is 324 g/mol. The van der Waals surface area contributed by atoms with Gasteiger partial charge < -0.3 is 10.2 Å². The number of aromatic nitrogens is 1. The number of carbonyl (C=O) groups excluding carboxylic acids is 1. The van der Waals surface area contributed by atoms with Crippen LogP contribution in [0.2, 0.25) is 0 Å². The third-order valence-electron chi connectivity index (χ3n) is 4.50. The van der Waals surface area contributed by atoms with Crippen LogP contribution in [0.4, 0.5) is 5.69 Å². The van der Waals surface area contributed by atoms with Crippen LogP contribution in [0.15, 0.2) is 48.8 Å². The highest BCUT2D eigenvalue weighted by atomic mass is 16.2. The standard InChI is InChI=1S/C19H24N4O/c1-15-12-22(2)18-8-4-3-7-17(18)13-23(15)14-19(24)21-11-16-6-5-9-20-10-16/h3-10,15H,11-14H2,1-2H3,(H,21,24). The molecule has 1 aromatic carbocycles. The van der Waals surface area contributed by atoms with Crippen LogP contribution in [-0.2, 0) is 17.9 Å². The molecule has 5 nitrogen and oxygen atoms in total. The normalized spacial score (nSPS) is 17.9. The third-order valence-corrected chi connectivity index (χ3v) is 4.50. The Morgan fingerprint density at radius 3 is 2.92 bits per heavy atom. The minimum Gasteiger partial charge on any atom is -0.373 e. The number of amides is 1. The topological polar surface area (TPSA) is 48.5 Å². The second kappa shape index (κ2) is 7.45. The fourth-order valence-electron chi connectivity index (χ4n) is 3.16. The number of rotatable bonds is 4. The molecule has 24 heavy (non-hydrogen) atoms. The molecule has 126 valence electrons. The Labute approximate surface area is 143 Å². The maximum atomic E-state index is 12.3. The predicted octanol–water partition coefficient (Wildman–Crippen LogP) is 2.04. The summed E-state index contributed by atoms with van der Waals surface area (Å²) in [6.45, 7) is 4.81. The quantitative estimate of drug-likeness (QED) is 0.935. The number of hydrogen-bond acceptors (Lipinski definition) is 4. The van der Waals surface area contributed by atoms with Crippen LogP contribution < -0.4 is 10.2 Å². The summed E-state index contributed by atoms with van der Waals surface area (Å²) in [6.07, 6.45) is 3.51. The molecule has 0 bridgehead atoms. The zero-order valence-electron chi connectivity index (χ0n) is 14.3. The lowest BCUT2D eigenvalue weighted by atomic mass is 10.1. The molecule has 2 aromatic rings.